The zero-order chi connectivity index (χ0) is 15.7. The van der Waals surface area contributed by atoms with Gasteiger partial charge in [-0.2, -0.15) is 0 Å². The van der Waals surface area contributed by atoms with E-state index in [4.69, 9.17) is 0 Å². The molecule has 1 saturated heterocycles. The lowest BCUT2D eigenvalue weighted by Crippen LogP contribution is -2.30. The van der Waals surface area contributed by atoms with Crippen molar-refractivity contribution in [2.24, 2.45) is 5.92 Å². The van der Waals surface area contributed by atoms with Crippen LogP contribution in [0.3, 0.4) is 0 Å². The Morgan fingerprint density at radius 2 is 1.86 bits per heavy atom. The Morgan fingerprint density at radius 3 is 2.55 bits per heavy atom. The second-order valence-electron chi connectivity index (χ2n) is 5.64. The number of benzene rings is 2. The maximum Gasteiger partial charge on any atom is 0.237 e. The number of hydrogen-bond acceptors (Lipinski definition) is 2. The van der Waals surface area contributed by atoms with E-state index in [1.165, 1.54) is 29.2 Å². The fourth-order valence-electron chi connectivity index (χ4n) is 2.84. The van der Waals surface area contributed by atoms with Gasteiger partial charge in [0.1, 0.15) is 5.82 Å². The molecule has 1 aliphatic rings. The first kappa shape index (κ1) is 14.4. The van der Waals surface area contributed by atoms with Gasteiger partial charge in [0.05, 0.1) is 11.6 Å². The van der Waals surface area contributed by atoms with Crippen molar-refractivity contribution in [3.63, 3.8) is 0 Å². The molecule has 0 aromatic heterocycles. The first-order valence-electron chi connectivity index (χ1n) is 7.22. The molecule has 0 saturated carbocycles. The summed E-state index contributed by atoms with van der Waals surface area (Å²) in [6.45, 7) is 2.00. The molecule has 112 valence electrons. The number of hydrogen-bond donors (Lipinski definition) is 0. The molecule has 3 rings (SSSR count). The minimum atomic E-state index is -0.390. The summed E-state index contributed by atoms with van der Waals surface area (Å²) < 4.78 is 13.0. The number of halogens is 1. The molecule has 2 aromatic carbocycles. The molecule has 2 aromatic rings. The standard InChI is InChI=1S/C18H16FNO2/c1-12-3-2-4-13(9-12)10-14-11-17(21)20(18(14)22)16-7-5-15(19)6-8-16/h2-9,14H,10-11H2,1H3/t14-/m1/s1. The number of nitrogens with zero attached hydrogens (tertiary/aromatic N) is 1. The highest BCUT2D eigenvalue weighted by Gasteiger charge is 2.39. The Labute approximate surface area is 128 Å². The molecule has 1 fully saturated rings. The van der Waals surface area contributed by atoms with Gasteiger partial charge >= 0.3 is 0 Å². The monoisotopic (exact) mass is 297 g/mol. The van der Waals surface area contributed by atoms with E-state index in [2.05, 4.69) is 0 Å². The number of carbonyl (C=O) groups is 2. The molecule has 0 spiro atoms. The molecule has 1 atom stereocenters. The van der Waals surface area contributed by atoms with E-state index >= 15 is 0 Å². The third-order valence-electron chi connectivity index (χ3n) is 3.89. The Hall–Kier alpha value is -2.49. The van der Waals surface area contributed by atoms with Crippen LogP contribution in [0.25, 0.3) is 0 Å². The number of aryl methyl sites for hydroxylation is 1. The third-order valence-corrected chi connectivity index (χ3v) is 3.89. The molecular formula is C18H16FNO2. The van der Waals surface area contributed by atoms with Gasteiger partial charge in [-0.05, 0) is 43.2 Å². The molecule has 0 N–H and O–H groups in total. The second-order valence-corrected chi connectivity index (χ2v) is 5.64. The summed E-state index contributed by atoms with van der Waals surface area (Å²) in [4.78, 5) is 25.8. The molecule has 22 heavy (non-hydrogen) atoms. The van der Waals surface area contributed by atoms with Gasteiger partial charge in [-0.3, -0.25) is 14.5 Å². The summed E-state index contributed by atoms with van der Waals surface area (Å²) in [5, 5.41) is 0. The molecule has 0 bridgehead atoms. The van der Waals surface area contributed by atoms with Crippen molar-refractivity contribution in [3.8, 4) is 0 Å². The molecule has 2 amide bonds. The summed E-state index contributed by atoms with van der Waals surface area (Å²) in [6.07, 6.45) is 0.744. The second kappa shape index (κ2) is 5.72. The number of carbonyl (C=O) groups excluding carboxylic acids is 2. The fourth-order valence-corrected chi connectivity index (χ4v) is 2.84. The largest absolute Gasteiger partial charge is 0.274 e. The van der Waals surface area contributed by atoms with Crippen molar-refractivity contribution < 1.29 is 14.0 Å². The zero-order valence-corrected chi connectivity index (χ0v) is 12.3. The predicted molar refractivity (Wildman–Crippen MR) is 81.9 cm³/mol. The minimum Gasteiger partial charge on any atom is -0.274 e. The van der Waals surface area contributed by atoms with Crippen LogP contribution in [-0.2, 0) is 16.0 Å². The number of anilines is 1. The van der Waals surface area contributed by atoms with Crippen LogP contribution in [-0.4, -0.2) is 11.8 Å². The third kappa shape index (κ3) is 2.77. The molecule has 1 aliphatic heterocycles. The first-order valence-corrected chi connectivity index (χ1v) is 7.22. The number of imide groups is 1. The number of amides is 2. The summed E-state index contributed by atoms with van der Waals surface area (Å²) in [5.41, 5.74) is 2.61. The molecule has 3 nitrogen and oxygen atoms in total. The van der Waals surface area contributed by atoms with Crippen molar-refractivity contribution in [2.45, 2.75) is 19.8 Å². The van der Waals surface area contributed by atoms with E-state index in [1.54, 1.807) is 0 Å². The van der Waals surface area contributed by atoms with Crippen LogP contribution in [0.15, 0.2) is 48.5 Å². The maximum absolute atomic E-state index is 13.0. The van der Waals surface area contributed by atoms with Gasteiger partial charge in [0.15, 0.2) is 0 Å². The van der Waals surface area contributed by atoms with E-state index in [9.17, 15) is 14.0 Å². The quantitative estimate of drug-likeness (QED) is 0.816. The summed E-state index contributed by atoms with van der Waals surface area (Å²) in [5.74, 6) is -1.18. The highest BCUT2D eigenvalue weighted by Crippen LogP contribution is 2.29. The van der Waals surface area contributed by atoms with Crippen LogP contribution in [0.5, 0.6) is 0 Å². The normalized spacial score (nSPS) is 18.1. The van der Waals surface area contributed by atoms with E-state index in [0.717, 1.165) is 11.1 Å². The summed E-state index contributed by atoms with van der Waals surface area (Å²) in [7, 11) is 0. The lowest BCUT2D eigenvalue weighted by Gasteiger charge is -2.15. The molecular weight excluding hydrogens is 281 g/mol. The van der Waals surface area contributed by atoms with Gasteiger partial charge in [0, 0.05) is 6.42 Å². The Bertz CT molecular complexity index is 724. The van der Waals surface area contributed by atoms with Gasteiger partial charge in [-0.25, -0.2) is 4.39 Å². The highest BCUT2D eigenvalue weighted by atomic mass is 19.1. The predicted octanol–water partition coefficient (Wildman–Crippen LogP) is 3.26. The van der Waals surface area contributed by atoms with Gasteiger partial charge in [0.2, 0.25) is 11.8 Å². The lowest BCUT2D eigenvalue weighted by atomic mass is 9.97. The number of rotatable bonds is 3. The van der Waals surface area contributed by atoms with Crippen LogP contribution in [0.2, 0.25) is 0 Å². The van der Waals surface area contributed by atoms with Crippen molar-refractivity contribution in [3.05, 3.63) is 65.5 Å². The van der Waals surface area contributed by atoms with Gasteiger partial charge < -0.3 is 0 Å². The topological polar surface area (TPSA) is 37.4 Å². The van der Waals surface area contributed by atoms with Crippen molar-refractivity contribution in [1.82, 2.24) is 0 Å². The van der Waals surface area contributed by atoms with E-state index in [1.807, 2.05) is 31.2 Å². The highest BCUT2D eigenvalue weighted by molar-refractivity contribution is 6.20. The van der Waals surface area contributed by atoms with Crippen LogP contribution in [0, 0.1) is 18.7 Å². The first-order chi connectivity index (χ1) is 10.5. The lowest BCUT2D eigenvalue weighted by molar-refractivity contribution is -0.122. The van der Waals surface area contributed by atoms with E-state index in [0.29, 0.717) is 12.1 Å². The molecule has 0 radical (unpaired) electrons. The van der Waals surface area contributed by atoms with Crippen LogP contribution < -0.4 is 4.90 Å². The van der Waals surface area contributed by atoms with Crippen LogP contribution in [0.4, 0.5) is 10.1 Å². The average molecular weight is 297 g/mol. The average Bonchev–Trinajstić information content (AvgIpc) is 2.75. The summed E-state index contributed by atoms with van der Waals surface area (Å²) in [6, 6.07) is 13.4. The molecule has 0 aliphatic carbocycles. The fraction of sp³-hybridized carbons (Fsp3) is 0.222. The Balaban J connectivity index is 1.81. The Kier molecular flexibility index (Phi) is 3.75. The van der Waals surface area contributed by atoms with Crippen LogP contribution in [0.1, 0.15) is 17.5 Å². The maximum atomic E-state index is 13.0. The SMILES string of the molecule is Cc1cccc(C[C@@H]2CC(=O)N(c3ccc(F)cc3)C2=O)c1. The Morgan fingerprint density at radius 1 is 1.14 bits per heavy atom. The van der Waals surface area contributed by atoms with E-state index in [-0.39, 0.29) is 30.0 Å². The van der Waals surface area contributed by atoms with Crippen molar-refractivity contribution in [2.75, 3.05) is 4.90 Å². The van der Waals surface area contributed by atoms with Gasteiger partial charge in [-0.15, -0.1) is 0 Å². The molecule has 0 unspecified atom stereocenters. The zero-order valence-electron chi connectivity index (χ0n) is 12.3. The minimum absolute atomic E-state index is 0.199. The molecule has 1 heterocycles. The van der Waals surface area contributed by atoms with Gasteiger partial charge in [0.25, 0.3) is 0 Å². The van der Waals surface area contributed by atoms with Crippen molar-refractivity contribution in [1.29, 1.82) is 0 Å². The van der Waals surface area contributed by atoms with Gasteiger partial charge in [-0.1, -0.05) is 29.8 Å². The summed E-state index contributed by atoms with van der Waals surface area (Å²) >= 11 is 0. The van der Waals surface area contributed by atoms with Crippen LogP contribution >= 0.6 is 0 Å². The smallest absolute Gasteiger partial charge is 0.237 e. The van der Waals surface area contributed by atoms with E-state index < -0.39 is 0 Å². The van der Waals surface area contributed by atoms with Crippen molar-refractivity contribution >= 4 is 17.5 Å². The molecule has 4 heteroatoms.